The van der Waals surface area contributed by atoms with E-state index >= 15 is 0 Å². The van der Waals surface area contributed by atoms with Crippen molar-refractivity contribution in [1.29, 1.82) is 0 Å². The number of rotatable bonds is 0. The Balaban J connectivity index is 1.66. The van der Waals surface area contributed by atoms with E-state index in [0.717, 1.165) is 37.7 Å². The molecule has 1 N–H and O–H groups in total. The van der Waals surface area contributed by atoms with Gasteiger partial charge in [0.25, 0.3) is 0 Å². The van der Waals surface area contributed by atoms with E-state index in [1.54, 1.807) is 0 Å². The number of piperidine rings is 1. The summed E-state index contributed by atoms with van der Waals surface area (Å²) in [6.07, 6.45) is 10.9. The summed E-state index contributed by atoms with van der Waals surface area (Å²) in [6, 6.07) is 1.02. The molecule has 1 aliphatic heterocycles. The molecule has 8 atom stereocenters. The van der Waals surface area contributed by atoms with Crippen LogP contribution < -0.4 is 0 Å². The highest BCUT2D eigenvalue weighted by molar-refractivity contribution is 5.95. The van der Waals surface area contributed by atoms with Gasteiger partial charge in [-0.2, -0.15) is 0 Å². The zero-order valence-corrected chi connectivity index (χ0v) is 16.9. The van der Waals surface area contributed by atoms with Gasteiger partial charge in [-0.25, -0.2) is 0 Å². The van der Waals surface area contributed by atoms with Gasteiger partial charge in [-0.15, -0.1) is 0 Å². The summed E-state index contributed by atoms with van der Waals surface area (Å²) >= 11 is 0. The van der Waals surface area contributed by atoms with E-state index in [1.165, 1.54) is 19.3 Å². The van der Waals surface area contributed by atoms with E-state index in [4.69, 9.17) is 0 Å². The first-order valence-electron chi connectivity index (χ1n) is 10.9. The van der Waals surface area contributed by atoms with Gasteiger partial charge >= 0.3 is 0 Å². The van der Waals surface area contributed by atoms with Crippen LogP contribution in [0.5, 0.6) is 0 Å². The van der Waals surface area contributed by atoms with Crippen molar-refractivity contribution in [3.63, 3.8) is 0 Å². The van der Waals surface area contributed by atoms with E-state index in [9.17, 15) is 9.90 Å². The van der Waals surface area contributed by atoms with Crippen LogP contribution in [0.2, 0.25) is 0 Å². The van der Waals surface area contributed by atoms with Crippen LogP contribution in [0.1, 0.15) is 72.1 Å². The molecule has 3 saturated carbocycles. The van der Waals surface area contributed by atoms with Gasteiger partial charge in [0, 0.05) is 23.4 Å². The molecule has 3 nitrogen and oxygen atoms in total. The fraction of sp³-hybridized carbons (Fsp3) is 0.870. The second-order valence-electron chi connectivity index (χ2n) is 10.8. The molecule has 0 aromatic rings. The highest BCUT2D eigenvalue weighted by Gasteiger charge is 2.70. The second kappa shape index (κ2) is 5.23. The Labute approximate surface area is 158 Å². The van der Waals surface area contributed by atoms with Gasteiger partial charge in [0.05, 0.1) is 5.60 Å². The van der Waals surface area contributed by atoms with E-state index in [0.29, 0.717) is 29.7 Å². The number of aliphatic hydroxyl groups is 1. The fourth-order valence-electron chi connectivity index (χ4n) is 8.29. The van der Waals surface area contributed by atoms with Crippen molar-refractivity contribution in [3.8, 4) is 0 Å². The number of nitrogens with zero attached hydrogens (tertiary/aromatic N) is 1. The first-order valence-corrected chi connectivity index (χ1v) is 10.9. The number of carbonyl (C=O) groups is 1. The molecular formula is C23H35NO2. The maximum absolute atomic E-state index is 13.1. The van der Waals surface area contributed by atoms with Crippen molar-refractivity contribution in [2.75, 3.05) is 7.05 Å². The summed E-state index contributed by atoms with van der Waals surface area (Å²) in [5.74, 6) is 1.47. The smallest absolute Gasteiger partial charge is 0.159 e. The number of hydrogen-bond donors (Lipinski definition) is 1. The Morgan fingerprint density at radius 1 is 1.19 bits per heavy atom. The number of fused-ring (bicyclic) bond motifs is 9. The summed E-state index contributed by atoms with van der Waals surface area (Å²) in [7, 11) is 2.26. The van der Waals surface area contributed by atoms with Gasteiger partial charge in [0.1, 0.15) is 0 Å². The summed E-state index contributed by atoms with van der Waals surface area (Å²) < 4.78 is 0. The Kier molecular flexibility index (Phi) is 3.50. The van der Waals surface area contributed by atoms with Crippen molar-refractivity contribution >= 4 is 5.78 Å². The number of ketones is 1. The molecule has 0 aromatic carbocycles. The minimum absolute atomic E-state index is 0.0720. The third-order valence-corrected chi connectivity index (χ3v) is 9.92. The topological polar surface area (TPSA) is 40.5 Å². The molecule has 3 heteroatoms. The standard InChI is InChI=1S/C23H35NO2/c1-14-8-10-22(3)19(24(14)4)11-15-13-23(22,26)17-12-18(25)16-7-5-6-9-21(16,2)20(15)17/h12,14-16,19-20,26H,5-11,13H2,1-4H3. The lowest BCUT2D eigenvalue weighted by Crippen LogP contribution is -2.64. The summed E-state index contributed by atoms with van der Waals surface area (Å²) in [6.45, 7) is 7.03. The number of allylic oxidation sites excluding steroid dienone is 1. The zero-order valence-electron chi connectivity index (χ0n) is 16.9. The van der Waals surface area contributed by atoms with Crippen LogP contribution in [0.4, 0.5) is 0 Å². The highest BCUT2D eigenvalue weighted by atomic mass is 16.3. The molecule has 0 aromatic heterocycles. The lowest BCUT2D eigenvalue weighted by atomic mass is 9.53. The minimum Gasteiger partial charge on any atom is -0.385 e. The molecule has 144 valence electrons. The van der Waals surface area contributed by atoms with Crippen LogP contribution in [0.25, 0.3) is 0 Å². The number of likely N-dealkylation sites (tertiary alicyclic amines) is 1. The van der Waals surface area contributed by atoms with Crippen molar-refractivity contribution in [2.45, 2.75) is 89.8 Å². The molecule has 0 amide bonds. The molecule has 4 fully saturated rings. The molecule has 8 unspecified atom stereocenters. The maximum Gasteiger partial charge on any atom is 0.159 e. The first-order chi connectivity index (χ1) is 12.2. The monoisotopic (exact) mass is 357 g/mol. The van der Waals surface area contributed by atoms with Crippen LogP contribution in [-0.4, -0.2) is 40.5 Å². The fourth-order valence-corrected chi connectivity index (χ4v) is 8.29. The van der Waals surface area contributed by atoms with Crippen molar-refractivity contribution in [1.82, 2.24) is 4.90 Å². The SMILES string of the molecule is CC1CCC2(C)C(CC3CC2(O)C2=CC(=O)C4CCCCC4(C)C23)N1C. The van der Waals surface area contributed by atoms with Crippen LogP contribution in [0.3, 0.4) is 0 Å². The molecule has 2 bridgehead atoms. The summed E-state index contributed by atoms with van der Waals surface area (Å²) in [5.41, 5.74) is 0.313. The molecular weight excluding hydrogens is 322 g/mol. The molecule has 26 heavy (non-hydrogen) atoms. The van der Waals surface area contributed by atoms with Crippen molar-refractivity contribution in [2.24, 2.45) is 28.6 Å². The van der Waals surface area contributed by atoms with E-state index in [1.807, 2.05) is 6.08 Å². The first kappa shape index (κ1) is 17.4. The third kappa shape index (κ3) is 1.85. The van der Waals surface area contributed by atoms with Crippen LogP contribution in [0, 0.1) is 28.6 Å². The lowest BCUT2D eigenvalue weighted by molar-refractivity contribution is -0.146. The van der Waals surface area contributed by atoms with Crippen molar-refractivity contribution in [3.05, 3.63) is 11.6 Å². The average Bonchev–Trinajstić information content (AvgIpc) is 2.85. The van der Waals surface area contributed by atoms with Crippen LogP contribution in [-0.2, 0) is 4.79 Å². The molecule has 1 saturated heterocycles. The highest BCUT2D eigenvalue weighted by Crippen LogP contribution is 2.70. The third-order valence-electron chi connectivity index (χ3n) is 9.92. The Hall–Kier alpha value is -0.670. The Morgan fingerprint density at radius 3 is 2.73 bits per heavy atom. The summed E-state index contributed by atoms with van der Waals surface area (Å²) in [4.78, 5) is 15.6. The molecule has 0 spiro atoms. The van der Waals surface area contributed by atoms with Gasteiger partial charge in [0.2, 0.25) is 0 Å². The predicted octanol–water partition coefficient (Wildman–Crippen LogP) is 3.95. The Morgan fingerprint density at radius 2 is 1.96 bits per heavy atom. The summed E-state index contributed by atoms with van der Waals surface area (Å²) in [5, 5.41) is 12.2. The number of carbonyl (C=O) groups excluding carboxylic acids is 1. The zero-order chi connectivity index (χ0) is 18.5. The predicted molar refractivity (Wildman–Crippen MR) is 103 cm³/mol. The van der Waals surface area contributed by atoms with Crippen LogP contribution in [0.15, 0.2) is 11.6 Å². The van der Waals surface area contributed by atoms with Crippen LogP contribution >= 0.6 is 0 Å². The quantitative estimate of drug-likeness (QED) is 0.713. The lowest BCUT2D eigenvalue weighted by Gasteiger charge is -2.59. The molecule has 5 aliphatic rings. The van der Waals surface area contributed by atoms with Gasteiger partial charge in [-0.3, -0.25) is 4.79 Å². The van der Waals surface area contributed by atoms with E-state index in [2.05, 4.69) is 32.7 Å². The normalized spacial score (nSPS) is 56.4. The molecule has 0 radical (unpaired) electrons. The molecule has 5 rings (SSSR count). The van der Waals surface area contributed by atoms with Gasteiger partial charge < -0.3 is 10.0 Å². The van der Waals surface area contributed by atoms with E-state index < -0.39 is 5.60 Å². The largest absolute Gasteiger partial charge is 0.385 e. The Bertz CT molecular complexity index is 686. The average molecular weight is 358 g/mol. The minimum atomic E-state index is -0.777. The van der Waals surface area contributed by atoms with Gasteiger partial charge in [-0.1, -0.05) is 26.7 Å². The van der Waals surface area contributed by atoms with Gasteiger partial charge in [0.15, 0.2) is 5.78 Å². The molecule has 4 aliphatic carbocycles. The van der Waals surface area contributed by atoms with Gasteiger partial charge in [-0.05, 0) is 81.4 Å². The second-order valence-corrected chi connectivity index (χ2v) is 10.8. The molecule has 1 heterocycles. The maximum atomic E-state index is 13.1. The van der Waals surface area contributed by atoms with Crippen molar-refractivity contribution < 1.29 is 9.90 Å². The number of hydrogen-bond acceptors (Lipinski definition) is 3. The van der Waals surface area contributed by atoms with E-state index in [-0.39, 0.29) is 16.7 Å².